The third kappa shape index (κ3) is 4.03. The summed E-state index contributed by atoms with van der Waals surface area (Å²) in [6.07, 6.45) is 1.37. The van der Waals surface area contributed by atoms with Gasteiger partial charge in [-0.15, -0.1) is 0 Å². The lowest BCUT2D eigenvalue weighted by Gasteiger charge is -2.20. The summed E-state index contributed by atoms with van der Waals surface area (Å²) in [6, 6.07) is 4.11. The summed E-state index contributed by atoms with van der Waals surface area (Å²) >= 11 is 0. The van der Waals surface area contributed by atoms with Crippen LogP contribution >= 0.6 is 0 Å². The lowest BCUT2D eigenvalue weighted by molar-refractivity contribution is 0.101. The van der Waals surface area contributed by atoms with E-state index in [2.05, 4.69) is 5.32 Å². The van der Waals surface area contributed by atoms with Gasteiger partial charge in [-0.05, 0) is 12.0 Å². The highest BCUT2D eigenvalue weighted by Gasteiger charge is 2.15. The first kappa shape index (κ1) is 15.1. The highest BCUT2D eigenvalue weighted by molar-refractivity contribution is 5.18. The topological polar surface area (TPSA) is 32.3 Å². The van der Waals surface area contributed by atoms with Gasteiger partial charge in [0, 0.05) is 18.7 Å². The van der Waals surface area contributed by atoms with Gasteiger partial charge in [-0.3, -0.25) is 0 Å². The molecule has 0 amide bonds. The molecule has 18 heavy (non-hydrogen) atoms. The molecule has 2 nitrogen and oxygen atoms in total. The van der Waals surface area contributed by atoms with E-state index in [9.17, 15) is 13.9 Å². The Morgan fingerprint density at radius 3 is 2.50 bits per heavy atom. The van der Waals surface area contributed by atoms with E-state index in [4.69, 9.17) is 0 Å². The molecule has 1 rings (SSSR count). The molecule has 1 aromatic carbocycles. The number of aliphatic hydroxyl groups is 1. The molecule has 1 atom stereocenters. The lowest BCUT2D eigenvalue weighted by atomic mass is 9.96. The van der Waals surface area contributed by atoms with E-state index in [-0.39, 0.29) is 18.0 Å². The van der Waals surface area contributed by atoms with Crippen molar-refractivity contribution in [1.29, 1.82) is 0 Å². The minimum Gasteiger partial charge on any atom is -0.392 e. The number of benzene rings is 1. The first-order chi connectivity index (χ1) is 8.60. The molecule has 102 valence electrons. The van der Waals surface area contributed by atoms with Gasteiger partial charge in [-0.1, -0.05) is 38.8 Å². The first-order valence-corrected chi connectivity index (χ1v) is 6.41. The molecule has 0 saturated heterocycles. The fraction of sp³-hybridized carbons (Fsp3) is 0.571. The van der Waals surface area contributed by atoms with Crippen LogP contribution in [0.1, 0.15) is 32.3 Å². The van der Waals surface area contributed by atoms with Crippen LogP contribution in [0, 0.1) is 17.6 Å². The smallest absolute Gasteiger partial charge is 0.163 e. The molecular formula is C14H21F2NO. The monoisotopic (exact) mass is 257 g/mol. The van der Waals surface area contributed by atoms with Crippen molar-refractivity contribution in [2.75, 3.05) is 6.54 Å². The zero-order valence-corrected chi connectivity index (χ0v) is 10.9. The number of hydrogen-bond donors (Lipinski definition) is 2. The van der Waals surface area contributed by atoms with Crippen molar-refractivity contribution in [3.63, 3.8) is 0 Å². The summed E-state index contributed by atoms with van der Waals surface area (Å²) in [5, 5.41) is 12.8. The van der Waals surface area contributed by atoms with Crippen molar-refractivity contribution in [3.05, 3.63) is 35.4 Å². The Labute approximate surface area is 107 Å². The highest BCUT2D eigenvalue weighted by atomic mass is 19.2. The maximum Gasteiger partial charge on any atom is 0.163 e. The van der Waals surface area contributed by atoms with Gasteiger partial charge in [0.25, 0.3) is 0 Å². The Morgan fingerprint density at radius 1 is 1.22 bits per heavy atom. The van der Waals surface area contributed by atoms with Gasteiger partial charge < -0.3 is 10.4 Å². The third-order valence-electron chi connectivity index (χ3n) is 3.29. The summed E-state index contributed by atoms with van der Waals surface area (Å²) in [7, 11) is 0. The molecular weight excluding hydrogens is 236 g/mol. The molecule has 0 radical (unpaired) electrons. The van der Waals surface area contributed by atoms with Crippen molar-refractivity contribution < 1.29 is 13.9 Å². The molecule has 0 saturated carbocycles. The molecule has 4 heteroatoms. The molecule has 0 bridgehead atoms. The van der Waals surface area contributed by atoms with Gasteiger partial charge >= 0.3 is 0 Å². The maximum atomic E-state index is 13.3. The first-order valence-electron chi connectivity index (χ1n) is 6.41. The number of rotatable bonds is 7. The van der Waals surface area contributed by atoms with Crippen LogP contribution < -0.4 is 5.32 Å². The molecule has 1 unspecified atom stereocenters. The maximum absolute atomic E-state index is 13.3. The molecule has 0 heterocycles. The number of nitrogens with one attached hydrogen (secondary N) is 1. The zero-order valence-electron chi connectivity index (χ0n) is 10.9. The predicted molar refractivity (Wildman–Crippen MR) is 68.1 cm³/mol. The average molecular weight is 257 g/mol. The Bertz CT molecular complexity index is 367. The molecule has 0 aliphatic heterocycles. The molecule has 0 aromatic heterocycles. The number of aliphatic hydroxyl groups excluding tert-OH is 1. The molecule has 0 aliphatic rings. The van der Waals surface area contributed by atoms with Crippen molar-refractivity contribution in [3.8, 4) is 0 Å². The van der Waals surface area contributed by atoms with Gasteiger partial charge in [0.2, 0.25) is 0 Å². The van der Waals surface area contributed by atoms with E-state index in [0.717, 1.165) is 18.9 Å². The quantitative estimate of drug-likeness (QED) is 0.787. The molecule has 1 aromatic rings. The minimum absolute atomic E-state index is 0.223. The summed E-state index contributed by atoms with van der Waals surface area (Å²) in [4.78, 5) is 0. The summed E-state index contributed by atoms with van der Waals surface area (Å²) < 4.78 is 26.3. The second-order valence-electron chi connectivity index (χ2n) is 4.49. The molecule has 0 spiro atoms. The van der Waals surface area contributed by atoms with Gasteiger partial charge in [-0.2, -0.15) is 0 Å². The summed E-state index contributed by atoms with van der Waals surface area (Å²) in [5.41, 5.74) is 0.284. The second kappa shape index (κ2) is 7.44. The Hall–Kier alpha value is -1.00. The van der Waals surface area contributed by atoms with Crippen LogP contribution in [0.15, 0.2) is 18.2 Å². The lowest BCUT2D eigenvalue weighted by Crippen LogP contribution is -2.32. The van der Waals surface area contributed by atoms with Crippen LogP contribution in [0.5, 0.6) is 0 Å². The van der Waals surface area contributed by atoms with E-state index >= 15 is 0 Å². The van der Waals surface area contributed by atoms with E-state index < -0.39 is 17.7 Å². The molecule has 2 N–H and O–H groups in total. The van der Waals surface area contributed by atoms with Gasteiger partial charge in [-0.25, -0.2) is 8.78 Å². The van der Waals surface area contributed by atoms with Crippen LogP contribution in [0.3, 0.4) is 0 Å². The standard InChI is InChI=1S/C14H21F2NO/c1-3-10(4-2)13(18)9-17-8-11-6-5-7-12(15)14(11)16/h5-7,10,13,17-18H,3-4,8-9H2,1-2H3. The van der Waals surface area contributed by atoms with Crippen LogP contribution in [-0.4, -0.2) is 17.8 Å². The summed E-state index contributed by atoms with van der Waals surface area (Å²) in [6.45, 7) is 4.68. The van der Waals surface area contributed by atoms with Crippen molar-refractivity contribution in [2.45, 2.75) is 39.3 Å². The largest absolute Gasteiger partial charge is 0.392 e. The van der Waals surface area contributed by atoms with Crippen molar-refractivity contribution in [1.82, 2.24) is 5.32 Å². The fourth-order valence-corrected chi connectivity index (χ4v) is 2.04. The van der Waals surface area contributed by atoms with Crippen molar-refractivity contribution >= 4 is 0 Å². The van der Waals surface area contributed by atoms with Crippen LogP contribution in [0.25, 0.3) is 0 Å². The molecule has 0 fully saturated rings. The Balaban J connectivity index is 2.44. The second-order valence-corrected chi connectivity index (χ2v) is 4.49. The SMILES string of the molecule is CCC(CC)C(O)CNCc1cccc(F)c1F. The van der Waals surface area contributed by atoms with E-state index in [1.54, 1.807) is 0 Å². The van der Waals surface area contributed by atoms with Crippen molar-refractivity contribution in [2.24, 2.45) is 5.92 Å². The number of hydrogen-bond acceptors (Lipinski definition) is 2. The van der Waals surface area contributed by atoms with E-state index in [0.29, 0.717) is 6.54 Å². The van der Waals surface area contributed by atoms with Crippen LogP contribution in [0.2, 0.25) is 0 Å². The fourth-order valence-electron chi connectivity index (χ4n) is 2.04. The third-order valence-corrected chi connectivity index (χ3v) is 3.29. The average Bonchev–Trinajstić information content (AvgIpc) is 2.36. The number of halogens is 2. The van der Waals surface area contributed by atoms with Crippen LogP contribution in [-0.2, 0) is 6.54 Å². The Morgan fingerprint density at radius 2 is 1.89 bits per heavy atom. The predicted octanol–water partition coefficient (Wildman–Crippen LogP) is 2.85. The van der Waals surface area contributed by atoms with Crippen LogP contribution in [0.4, 0.5) is 8.78 Å². The Kier molecular flexibility index (Phi) is 6.22. The zero-order chi connectivity index (χ0) is 13.5. The minimum atomic E-state index is -0.838. The van der Waals surface area contributed by atoms with E-state index in [1.165, 1.54) is 12.1 Å². The normalized spacial score (nSPS) is 13.0. The molecule has 0 aliphatic carbocycles. The van der Waals surface area contributed by atoms with Gasteiger partial charge in [0.05, 0.1) is 6.10 Å². The van der Waals surface area contributed by atoms with Gasteiger partial charge in [0.15, 0.2) is 11.6 Å². The summed E-state index contributed by atoms with van der Waals surface area (Å²) in [5.74, 6) is -1.41. The van der Waals surface area contributed by atoms with E-state index in [1.807, 2.05) is 13.8 Å². The van der Waals surface area contributed by atoms with Gasteiger partial charge in [0.1, 0.15) is 0 Å². The highest BCUT2D eigenvalue weighted by Crippen LogP contribution is 2.13.